The largest absolute Gasteiger partial charge is 0.478 e. The van der Waals surface area contributed by atoms with Crippen LogP contribution in [-0.4, -0.2) is 68.3 Å². The second-order valence-electron chi connectivity index (χ2n) is 15.2. The lowest BCUT2D eigenvalue weighted by Crippen LogP contribution is -2.10. The number of nitrogen functional groups attached to an aromatic ring is 1. The Labute approximate surface area is 547 Å². The van der Waals surface area contributed by atoms with E-state index in [4.69, 9.17) is 101 Å². The number of nitrogens with zero attached hydrogens (tertiary/aromatic N) is 4. The first-order valence-electron chi connectivity index (χ1n) is 24.1. The summed E-state index contributed by atoms with van der Waals surface area (Å²) in [6.45, 7) is 12.1. The first-order valence-corrected chi connectivity index (χ1v) is 30.8. The molecule has 84 heavy (non-hydrogen) atoms. The molecular weight excluding hydrogens is 1330 g/mol. The summed E-state index contributed by atoms with van der Waals surface area (Å²) in [6.07, 6.45) is 1.89. The van der Waals surface area contributed by atoms with Crippen molar-refractivity contribution < 1.29 is 28.7 Å². The van der Waals surface area contributed by atoms with Crippen molar-refractivity contribution in [2.75, 3.05) is 19.8 Å². The summed E-state index contributed by atoms with van der Waals surface area (Å²) in [5, 5.41) is 30.8. The third kappa shape index (κ3) is 41.9. The fraction of sp³-hybridized carbons (Fsp3) is 0.232. The number of aliphatic hydroxyl groups excluding tert-OH is 1. The topological polar surface area (TPSA) is 294 Å². The van der Waals surface area contributed by atoms with Gasteiger partial charge in [0.2, 0.25) is 5.90 Å². The minimum absolute atomic E-state index is 0. The van der Waals surface area contributed by atoms with Crippen LogP contribution in [0.15, 0.2) is 138 Å². The van der Waals surface area contributed by atoms with Gasteiger partial charge in [0.1, 0.15) is 29.0 Å². The van der Waals surface area contributed by atoms with Gasteiger partial charge in [-0.05, 0) is 146 Å². The number of aromatic amines is 1. The number of carbonyl (C=O) groups is 2. The van der Waals surface area contributed by atoms with Crippen molar-refractivity contribution in [3.8, 4) is 28.8 Å². The molecule has 0 fully saturated rings. The monoisotopic (exact) mass is 1390 g/mol. The Morgan fingerprint density at radius 3 is 1.49 bits per heavy atom. The van der Waals surface area contributed by atoms with Crippen molar-refractivity contribution in [1.82, 2.24) is 26.1 Å². The number of hydrogen-bond acceptors (Lipinski definition) is 14. The standard InChI is InChI=1S/C12H10Cl2N2.C12H11ClN2O.C9H10ClNO.C7H7ClN2.C7H4ClN.C7H12O3.C2H6O.Cl3OP.2ClH.H3N/c1-2-10-7-11(14)16-12(15-10)8-4-3-5-9(13)6-8;1-2-10-7-11(16)15-12(14-10)8-4-3-5-9(13)6-8;1-2-12-9(11)7-4-3-5-8(10)6-7;8-6-3-1-2-5(4-6)7(9)10;8-7-3-1-2-6(4-7)5-9;1-3-6(8)5-7(9)10-4-2;1-2-3;1-5(2,3)4;;;/h3-7H,2H2,1H3;3-7H,2H2,1H3,(H,14,15,16);3-6,11H,2H2,1H3;1-4H,(H3,9,10);1-4H;3-5H2,1-2H3;3H,2H2,1H3;;2*1H;1H3. The smallest absolute Gasteiger partial charge is 0.339 e. The molecule has 0 saturated heterocycles. The molecule has 5 aromatic carbocycles. The molecule has 0 bridgehead atoms. The van der Waals surface area contributed by atoms with Crippen LogP contribution < -0.4 is 17.4 Å². The van der Waals surface area contributed by atoms with Crippen molar-refractivity contribution in [3.05, 3.63) is 202 Å². The summed E-state index contributed by atoms with van der Waals surface area (Å²) in [6, 6.07) is 40.8. The van der Waals surface area contributed by atoms with Crippen molar-refractivity contribution in [2.24, 2.45) is 5.73 Å². The van der Waals surface area contributed by atoms with E-state index in [0.29, 0.717) is 78.2 Å². The van der Waals surface area contributed by atoms with E-state index in [2.05, 4.69) is 58.4 Å². The Balaban J connectivity index is -0.000000447. The molecule has 0 atom stereocenters. The van der Waals surface area contributed by atoms with Crippen LogP contribution in [0.2, 0.25) is 30.3 Å². The number of esters is 1. The summed E-state index contributed by atoms with van der Waals surface area (Å²) >= 11 is 48.5. The predicted molar refractivity (Wildman–Crippen MR) is 354 cm³/mol. The van der Waals surface area contributed by atoms with Gasteiger partial charge >= 0.3 is 11.2 Å². The van der Waals surface area contributed by atoms with E-state index in [1.165, 1.54) is 6.07 Å². The Hall–Kier alpha value is -5.03. The molecular formula is C56H65Cl11N9O7P. The fourth-order valence-electron chi connectivity index (χ4n) is 5.43. The quantitative estimate of drug-likeness (QED) is 0.0176. The van der Waals surface area contributed by atoms with Crippen molar-refractivity contribution >= 4 is 157 Å². The number of rotatable bonds is 11. The van der Waals surface area contributed by atoms with Gasteiger partial charge in [-0.2, -0.15) is 5.26 Å². The number of carbonyl (C=O) groups excluding carboxylic acids is 2. The molecule has 7 aromatic rings. The number of nitriles is 1. The number of ether oxygens (including phenoxy) is 2. The Kier molecular flexibility index (Phi) is 50.0. The average molecular weight is 1400 g/mol. The average Bonchev–Trinajstić information content (AvgIpc) is 3.45. The molecule has 0 aliphatic rings. The van der Waals surface area contributed by atoms with Gasteiger partial charge in [0.15, 0.2) is 5.82 Å². The van der Waals surface area contributed by atoms with E-state index >= 15 is 0 Å². The Bertz CT molecular complexity index is 3220. The predicted octanol–water partition coefficient (Wildman–Crippen LogP) is 17.9. The highest BCUT2D eigenvalue weighted by molar-refractivity contribution is 8.24. The number of aryl methyl sites for hydroxylation is 2. The molecule has 0 unspecified atom stereocenters. The second-order valence-corrected chi connectivity index (χ2v) is 24.4. The van der Waals surface area contributed by atoms with Gasteiger partial charge in [-0.25, -0.2) is 15.0 Å². The maximum absolute atomic E-state index is 11.4. The Morgan fingerprint density at radius 1 is 0.643 bits per heavy atom. The number of aromatic nitrogens is 4. The van der Waals surface area contributed by atoms with Crippen LogP contribution >= 0.6 is 133 Å². The van der Waals surface area contributed by atoms with E-state index in [9.17, 15) is 18.9 Å². The molecule has 2 heterocycles. The van der Waals surface area contributed by atoms with Gasteiger partial charge in [-0.15, -0.1) is 24.8 Å². The number of H-pyrrole nitrogens is 1. The van der Waals surface area contributed by atoms with Crippen molar-refractivity contribution in [2.45, 2.75) is 67.2 Å². The molecule has 7 rings (SSSR count). The number of amidine groups is 1. The lowest BCUT2D eigenvalue weighted by molar-refractivity contribution is -0.145. The molecule has 9 N–H and O–H groups in total. The molecule has 2 aromatic heterocycles. The van der Waals surface area contributed by atoms with Gasteiger partial charge in [-0.1, -0.05) is 139 Å². The van der Waals surface area contributed by atoms with Crippen molar-refractivity contribution in [1.29, 1.82) is 16.1 Å². The third-order valence-corrected chi connectivity index (χ3v) is 10.3. The molecule has 0 aliphatic heterocycles. The first kappa shape index (κ1) is 85.4. The normalized spacial score (nSPS) is 9.32. The summed E-state index contributed by atoms with van der Waals surface area (Å²) in [4.78, 5) is 48.2. The molecule has 0 spiro atoms. The zero-order chi connectivity index (χ0) is 61.5. The lowest BCUT2D eigenvalue weighted by atomic mass is 10.2. The zero-order valence-corrected chi connectivity index (χ0v) is 55.6. The number of nitrogens with one attached hydrogen (secondary N) is 3. The summed E-state index contributed by atoms with van der Waals surface area (Å²) in [5.74, 6) is 0.897. The SMILES string of the molecule is CCO.CCOC(=N)c1cccc(Cl)c1.CCOC(=O)CC(=O)CC.CCc1cc(=O)[nH]c(-c2cccc(Cl)c2)n1.CCc1cc(Cl)nc(-c2cccc(Cl)c2)n1.Cl.Cl.N.N#Cc1cccc(Cl)c1.N=C(N)c1cccc(Cl)c1.O=P(Cl)(Cl)Cl. The molecule has 458 valence electrons. The summed E-state index contributed by atoms with van der Waals surface area (Å²) < 4.78 is 19.1. The number of ketones is 1. The van der Waals surface area contributed by atoms with E-state index in [0.717, 1.165) is 35.4 Å². The maximum atomic E-state index is 11.4. The zero-order valence-electron chi connectivity index (χ0n) is 46.3. The Morgan fingerprint density at radius 2 is 1.07 bits per heavy atom. The molecule has 0 amide bonds. The molecule has 0 radical (unpaired) electrons. The fourth-order valence-corrected chi connectivity index (χ4v) is 6.59. The minimum atomic E-state index is -3.22. The number of benzene rings is 5. The number of nitrogens with two attached hydrogens (primary N) is 1. The maximum Gasteiger partial charge on any atom is 0.339 e. The van der Waals surface area contributed by atoms with Gasteiger partial charge in [0, 0.05) is 77.8 Å². The van der Waals surface area contributed by atoms with Gasteiger partial charge < -0.3 is 31.4 Å². The van der Waals surface area contributed by atoms with Crippen LogP contribution in [0, 0.1) is 22.1 Å². The molecule has 28 heteroatoms. The van der Waals surface area contributed by atoms with Crippen LogP contribution in [-0.2, 0) is 36.5 Å². The number of hydrogen-bond donors (Lipinski definition) is 6. The van der Waals surface area contributed by atoms with Crippen LogP contribution in [0.1, 0.15) is 82.5 Å². The van der Waals surface area contributed by atoms with Crippen molar-refractivity contribution in [3.63, 3.8) is 0 Å². The number of Topliss-reactive ketones (excluding diaryl/α,β-unsaturated/α-hetero) is 1. The van der Waals surface area contributed by atoms with E-state index in [1.54, 1.807) is 112 Å². The van der Waals surface area contributed by atoms with Gasteiger partial charge in [-0.3, -0.25) is 29.8 Å². The van der Waals surface area contributed by atoms with E-state index in [-0.39, 0.29) is 67.1 Å². The van der Waals surface area contributed by atoms with E-state index < -0.39 is 11.2 Å². The van der Waals surface area contributed by atoms with Gasteiger partial charge in [0.25, 0.3) is 5.56 Å². The van der Waals surface area contributed by atoms with E-state index in [1.807, 2.05) is 63.2 Å². The molecule has 0 saturated carbocycles. The third-order valence-electron chi connectivity index (χ3n) is 8.95. The number of aliphatic hydroxyl groups is 1. The first-order chi connectivity index (χ1) is 38.2. The second kappa shape index (κ2) is 49.1. The summed E-state index contributed by atoms with van der Waals surface area (Å²) in [5.41, 5.74) is 10.4. The summed E-state index contributed by atoms with van der Waals surface area (Å²) in [7, 11) is 0. The lowest BCUT2D eigenvalue weighted by Gasteiger charge is -2.04. The minimum Gasteiger partial charge on any atom is -0.478 e. The highest BCUT2D eigenvalue weighted by Crippen LogP contribution is 2.61. The molecule has 16 nitrogen and oxygen atoms in total. The van der Waals surface area contributed by atoms with Crippen LogP contribution in [0.4, 0.5) is 0 Å². The van der Waals surface area contributed by atoms with Crippen LogP contribution in [0.25, 0.3) is 22.8 Å². The highest BCUT2D eigenvalue weighted by atomic mass is 36.0. The van der Waals surface area contributed by atoms with Gasteiger partial charge in [0.05, 0.1) is 24.8 Å². The molecule has 0 aliphatic carbocycles. The van der Waals surface area contributed by atoms with Crippen LogP contribution in [0.5, 0.6) is 0 Å². The highest BCUT2D eigenvalue weighted by Gasteiger charge is 2.08. The number of halogens is 11. The van der Waals surface area contributed by atoms with Crippen LogP contribution in [0.3, 0.4) is 0 Å².